The summed E-state index contributed by atoms with van der Waals surface area (Å²) in [6, 6.07) is 0.505. The summed E-state index contributed by atoms with van der Waals surface area (Å²) >= 11 is 0. The smallest absolute Gasteiger partial charge is 0.311 e. The molecule has 112 valence electrons. The van der Waals surface area contributed by atoms with Gasteiger partial charge >= 0.3 is 6.18 Å². The molecular weight excluding hydrogens is 251 g/mol. The van der Waals surface area contributed by atoms with Crippen molar-refractivity contribution in [3.05, 3.63) is 0 Å². The molecular formula is C15H26F3N. The van der Waals surface area contributed by atoms with Crippen molar-refractivity contribution in [3.8, 4) is 0 Å². The van der Waals surface area contributed by atoms with Gasteiger partial charge in [0.05, 0.1) is 5.92 Å². The van der Waals surface area contributed by atoms with Crippen molar-refractivity contribution in [1.82, 2.24) is 5.32 Å². The molecule has 4 heteroatoms. The maximum atomic E-state index is 12.8. The van der Waals surface area contributed by atoms with Crippen molar-refractivity contribution in [2.45, 2.75) is 83.0 Å². The van der Waals surface area contributed by atoms with Crippen molar-refractivity contribution in [1.29, 1.82) is 0 Å². The largest absolute Gasteiger partial charge is 0.391 e. The van der Waals surface area contributed by atoms with Crippen LogP contribution in [0.25, 0.3) is 0 Å². The van der Waals surface area contributed by atoms with Gasteiger partial charge in [-0.1, -0.05) is 32.6 Å². The standard InChI is InChI=1S/C15H26F3N/c1-11-6-3-2-4-9-14(11)19-13-8-5-7-12(10-13)15(16,17)18/h11-14,19H,2-10H2,1H3. The number of rotatable bonds is 2. The average molecular weight is 277 g/mol. The molecule has 0 aromatic rings. The molecule has 0 aromatic heterocycles. The fraction of sp³-hybridized carbons (Fsp3) is 1.00. The Morgan fingerprint density at radius 1 is 0.895 bits per heavy atom. The summed E-state index contributed by atoms with van der Waals surface area (Å²) in [5.41, 5.74) is 0. The molecule has 0 aromatic carbocycles. The molecule has 0 heterocycles. The quantitative estimate of drug-likeness (QED) is 0.723. The van der Waals surface area contributed by atoms with Crippen LogP contribution in [-0.4, -0.2) is 18.3 Å². The predicted octanol–water partition coefficient (Wildman–Crippen LogP) is 4.67. The first kappa shape index (κ1) is 15.1. The maximum Gasteiger partial charge on any atom is 0.391 e. The number of hydrogen-bond acceptors (Lipinski definition) is 1. The molecule has 0 aliphatic heterocycles. The fourth-order valence-electron chi connectivity index (χ4n) is 3.68. The molecule has 0 spiro atoms. The number of halogens is 3. The van der Waals surface area contributed by atoms with Crippen molar-refractivity contribution in [2.75, 3.05) is 0 Å². The van der Waals surface area contributed by atoms with Gasteiger partial charge in [-0.25, -0.2) is 0 Å². The maximum absolute atomic E-state index is 12.8. The molecule has 4 atom stereocenters. The number of alkyl halides is 3. The third kappa shape index (κ3) is 4.37. The summed E-state index contributed by atoms with van der Waals surface area (Å²) in [6.07, 6.45) is 4.34. The first-order valence-electron chi connectivity index (χ1n) is 7.79. The van der Waals surface area contributed by atoms with Crippen LogP contribution < -0.4 is 5.32 Å². The van der Waals surface area contributed by atoms with Crippen LogP contribution in [0, 0.1) is 11.8 Å². The van der Waals surface area contributed by atoms with Gasteiger partial charge in [-0.15, -0.1) is 0 Å². The molecule has 2 saturated carbocycles. The van der Waals surface area contributed by atoms with Gasteiger partial charge in [-0.3, -0.25) is 0 Å². The van der Waals surface area contributed by atoms with Crippen LogP contribution in [0.2, 0.25) is 0 Å². The summed E-state index contributed by atoms with van der Waals surface area (Å²) in [5, 5.41) is 3.55. The van der Waals surface area contributed by atoms with E-state index in [2.05, 4.69) is 12.2 Å². The lowest BCUT2D eigenvalue weighted by molar-refractivity contribution is -0.184. The SMILES string of the molecule is CC1CCCCCC1NC1CCCC(C(F)(F)F)C1. The summed E-state index contributed by atoms with van der Waals surface area (Å²) in [6.45, 7) is 2.24. The molecule has 0 saturated heterocycles. The van der Waals surface area contributed by atoms with Gasteiger partial charge in [0, 0.05) is 12.1 Å². The van der Waals surface area contributed by atoms with Gasteiger partial charge in [0.15, 0.2) is 0 Å². The van der Waals surface area contributed by atoms with Crippen LogP contribution in [0.3, 0.4) is 0 Å². The zero-order valence-electron chi connectivity index (χ0n) is 11.8. The Morgan fingerprint density at radius 3 is 2.37 bits per heavy atom. The van der Waals surface area contributed by atoms with Gasteiger partial charge in [0.1, 0.15) is 0 Å². The summed E-state index contributed by atoms with van der Waals surface area (Å²) in [4.78, 5) is 0. The lowest BCUT2D eigenvalue weighted by Gasteiger charge is -2.35. The summed E-state index contributed by atoms with van der Waals surface area (Å²) in [7, 11) is 0. The monoisotopic (exact) mass is 277 g/mol. The Hall–Kier alpha value is -0.250. The van der Waals surface area contributed by atoms with E-state index in [4.69, 9.17) is 0 Å². The fourth-order valence-corrected chi connectivity index (χ4v) is 3.68. The van der Waals surface area contributed by atoms with Gasteiger partial charge in [-0.05, 0) is 38.0 Å². The first-order valence-corrected chi connectivity index (χ1v) is 7.79. The molecule has 1 nitrogen and oxygen atoms in total. The first-order chi connectivity index (χ1) is 8.97. The van der Waals surface area contributed by atoms with E-state index < -0.39 is 12.1 Å². The van der Waals surface area contributed by atoms with Crippen molar-refractivity contribution >= 4 is 0 Å². The van der Waals surface area contributed by atoms with Crippen LogP contribution >= 0.6 is 0 Å². The third-order valence-electron chi connectivity index (χ3n) is 4.95. The molecule has 19 heavy (non-hydrogen) atoms. The number of hydrogen-bond donors (Lipinski definition) is 1. The van der Waals surface area contributed by atoms with Crippen LogP contribution in [0.15, 0.2) is 0 Å². The van der Waals surface area contributed by atoms with Gasteiger partial charge in [0.25, 0.3) is 0 Å². The topological polar surface area (TPSA) is 12.0 Å². The molecule has 1 N–H and O–H groups in total. The molecule has 0 bridgehead atoms. The Morgan fingerprint density at radius 2 is 1.63 bits per heavy atom. The van der Waals surface area contributed by atoms with E-state index >= 15 is 0 Å². The summed E-state index contributed by atoms with van der Waals surface area (Å²) < 4.78 is 38.4. The van der Waals surface area contributed by atoms with E-state index in [0.29, 0.717) is 24.8 Å². The van der Waals surface area contributed by atoms with E-state index in [9.17, 15) is 13.2 Å². The normalized spacial score (nSPS) is 37.9. The number of nitrogens with one attached hydrogen (secondary N) is 1. The van der Waals surface area contributed by atoms with Crippen LogP contribution in [-0.2, 0) is 0 Å². The van der Waals surface area contributed by atoms with E-state index in [1.165, 1.54) is 25.7 Å². The molecule has 4 unspecified atom stereocenters. The van der Waals surface area contributed by atoms with Crippen molar-refractivity contribution in [2.24, 2.45) is 11.8 Å². The Labute approximate surface area is 114 Å². The highest BCUT2D eigenvalue weighted by Crippen LogP contribution is 2.38. The van der Waals surface area contributed by atoms with Crippen molar-refractivity contribution < 1.29 is 13.2 Å². The highest BCUT2D eigenvalue weighted by Gasteiger charge is 2.42. The lowest BCUT2D eigenvalue weighted by atomic mass is 9.84. The molecule has 2 rings (SSSR count). The Bertz CT molecular complexity index is 277. The van der Waals surface area contributed by atoms with Gasteiger partial charge in [0.2, 0.25) is 0 Å². The minimum atomic E-state index is -4.00. The highest BCUT2D eigenvalue weighted by molar-refractivity contribution is 4.86. The van der Waals surface area contributed by atoms with E-state index in [0.717, 1.165) is 12.8 Å². The predicted molar refractivity (Wildman–Crippen MR) is 71.0 cm³/mol. The summed E-state index contributed by atoms with van der Waals surface area (Å²) in [5.74, 6) is -0.478. The molecule has 0 amide bonds. The van der Waals surface area contributed by atoms with E-state index in [1.807, 2.05) is 0 Å². The zero-order valence-corrected chi connectivity index (χ0v) is 11.8. The Kier molecular flexibility index (Phi) is 5.15. The highest BCUT2D eigenvalue weighted by atomic mass is 19.4. The third-order valence-corrected chi connectivity index (χ3v) is 4.95. The van der Waals surface area contributed by atoms with E-state index in [1.54, 1.807) is 0 Å². The second-order valence-corrected chi connectivity index (χ2v) is 6.49. The molecule has 2 aliphatic rings. The molecule has 2 fully saturated rings. The van der Waals surface area contributed by atoms with Crippen LogP contribution in [0.1, 0.15) is 64.7 Å². The second kappa shape index (κ2) is 6.47. The lowest BCUT2D eigenvalue weighted by Crippen LogP contribution is -2.45. The van der Waals surface area contributed by atoms with Gasteiger partial charge in [-0.2, -0.15) is 13.2 Å². The minimum Gasteiger partial charge on any atom is -0.311 e. The van der Waals surface area contributed by atoms with Gasteiger partial charge < -0.3 is 5.32 Å². The van der Waals surface area contributed by atoms with Crippen molar-refractivity contribution in [3.63, 3.8) is 0 Å². The Balaban J connectivity index is 1.87. The second-order valence-electron chi connectivity index (χ2n) is 6.49. The van der Waals surface area contributed by atoms with E-state index in [-0.39, 0.29) is 12.5 Å². The van der Waals surface area contributed by atoms with Crippen LogP contribution in [0.5, 0.6) is 0 Å². The van der Waals surface area contributed by atoms with Crippen LogP contribution in [0.4, 0.5) is 13.2 Å². The zero-order chi connectivity index (χ0) is 13.9. The molecule has 2 aliphatic carbocycles. The molecule has 0 radical (unpaired) electrons. The minimum absolute atomic E-state index is 0.0749. The average Bonchev–Trinajstić information content (AvgIpc) is 2.54.